The summed E-state index contributed by atoms with van der Waals surface area (Å²) >= 11 is 0. The number of nitrogen functional groups attached to an aromatic ring is 1. The summed E-state index contributed by atoms with van der Waals surface area (Å²) in [5.41, 5.74) is 12.0. The molecule has 3 aromatic rings. The van der Waals surface area contributed by atoms with Crippen LogP contribution in [-0.2, 0) is 0 Å². The van der Waals surface area contributed by atoms with Crippen LogP contribution in [0.15, 0.2) is 30.5 Å². The number of benzene rings is 1. The quantitative estimate of drug-likeness (QED) is 0.656. The van der Waals surface area contributed by atoms with E-state index < -0.39 is 0 Å². The summed E-state index contributed by atoms with van der Waals surface area (Å²) in [7, 11) is 0. The highest BCUT2D eigenvalue weighted by atomic mass is 15.2. The Kier molecular flexibility index (Phi) is 2.59. The first-order valence-electron chi connectivity index (χ1n) is 6.08. The fourth-order valence-electron chi connectivity index (χ4n) is 2.17. The average molecular weight is 253 g/mol. The van der Waals surface area contributed by atoms with E-state index in [4.69, 9.17) is 5.73 Å². The van der Waals surface area contributed by atoms with Crippen molar-refractivity contribution in [3.63, 3.8) is 0 Å². The van der Waals surface area contributed by atoms with Crippen molar-refractivity contribution in [1.82, 2.24) is 20.4 Å². The molecule has 0 aliphatic heterocycles. The second-order valence-electron chi connectivity index (χ2n) is 4.63. The van der Waals surface area contributed by atoms with Crippen LogP contribution in [0.25, 0.3) is 22.4 Å². The molecule has 0 aliphatic rings. The molecule has 0 fully saturated rings. The van der Waals surface area contributed by atoms with Gasteiger partial charge in [0.15, 0.2) is 5.82 Å². The molecule has 5 nitrogen and oxygen atoms in total. The van der Waals surface area contributed by atoms with Crippen molar-refractivity contribution < 1.29 is 0 Å². The van der Waals surface area contributed by atoms with Crippen LogP contribution in [0.5, 0.6) is 0 Å². The molecule has 2 heterocycles. The van der Waals surface area contributed by atoms with Gasteiger partial charge in [-0.05, 0) is 19.4 Å². The van der Waals surface area contributed by atoms with Crippen LogP contribution in [-0.4, -0.2) is 20.4 Å². The van der Waals surface area contributed by atoms with Gasteiger partial charge in [-0.1, -0.05) is 29.8 Å². The maximum atomic E-state index is 5.99. The first-order valence-corrected chi connectivity index (χ1v) is 6.08. The largest absolute Gasteiger partial charge is 0.382 e. The van der Waals surface area contributed by atoms with Crippen molar-refractivity contribution >= 4 is 5.82 Å². The van der Waals surface area contributed by atoms with Crippen molar-refractivity contribution in [2.75, 3.05) is 5.73 Å². The zero-order valence-electron chi connectivity index (χ0n) is 10.9. The van der Waals surface area contributed by atoms with Gasteiger partial charge in [-0.25, -0.2) is 0 Å². The number of aryl methyl sites for hydroxylation is 2. The van der Waals surface area contributed by atoms with Gasteiger partial charge in [0, 0.05) is 11.3 Å². The molecule has 1 aromatic carbocycles. The molecule has 19 heavy (non-hydrogen) atoms. The van der Waals surface area contributed by atoms with Crippen LogP contribution in [0, 0.1) is 13.8 Å². The summed E-state index contributed by atoms with van der Waals surface area (Å²) in [4.78, 5) is 0. The first kappa shape index (κ1) is 11.5. The van der Waals surface area contributed by atoms with Crippen LogP contribution in [0.4, 0.5) is 5.82 Å². The normalized spacial score (nSPS) is 10.8. The van der Waals surface area contributed by atoms with Gasteiger partial charge in [0.25, 0.3) is 0 Å². The van der Waals surface area contributed by atoms with Crippen LogP contribution in [0.1, 0.15) is 11.3 Å². The number of anilines is 1. The molecule has 96 valence electrons. The summed E-state index contributed by atoms with van der Waals surface area (Å²) in [5.74, 6) is 0.499. The smallest absolute Gasteiger partial charge is 0.153 e. The predicted molar refractivity (Wildman–Crippen MR) is 75.5 cm³/mol. The molecule has 4 N–H and O–H groups in total. The van der Waals surface area contributed by atoms with Gasteiger partial charge in [-0.3, -0.25) is 10.2 Å². The molecule has 0 unspecified atom stereocenters. The Morgan fingerprint density at radius 2 is 1.79 bits per heavy atom. The van der Waals surface area contributed by atoms with Gasteiger partial charge in [0.1, 0.15) is 0 Å². The summed E-state index contributed by atoms with van der Waals surface area (Å²) in [6.07, 6.45) is 1.78. The van der Waals surface area contributed by atoms with Crippen molar-refractivity contribution in [2.24, 2.45) is 0 Å². The van der Waals surface area contributed by atoms with Gasteiger partial charge >= 0.3 is 0 Å². The predicted octanol–water partition coefficient (Wildman–Crippen LogP) is 2.67. The van der Waals surface area contributed by atoms with E-state index >= 15 is 0 Å². The number of H-pyrrole nitrogens is 2. The Labute approximate surface area is 110 Å². The van der Waals surface area contributed by atoms with Gasteiger partial charge < -0.3 is 5.73 Å². The second-order valence-corrected chi connectivity index (χ2v) is 4.63. The Balaban J connectivity index is 2.19. The highest BCUT2D eigenvalue weighted by molar-refractivity contribution is 5.88. The molecule has 0 radical (unpaired) electrons. The fraction of sp³-hybridized carbons (Fsp3) is 0.143. The lowest BCUT2D eigenvalue weighted by atomic mass is 10.0. The molecule has 2 aromatic heterocycles. The number of nitrogens with two attached hydrogens (primary N) is 1. The standard InChI is InChI=1S/C14H15N5/c1-8-3-5-10(6-4-8)12-13(18-19-14(12)15)11-7-16-17-9(11)2/h3-7H,1-2H3,(H,16,17)(H3,15,18,19). The lowest BCUT2D eigenvalue weighted by molar-refractivity contribution is 1.05. The van der Waals surface area contributed by atoms with Crippen LogP contribution < -0.4 is 5.73 Å². The molecule has 0 saturated heterocycles. The molecule has 0 bridgehead atoms. The van der Waals surface area contributed by atoms with E-state index in [2.05, 4.69) is 51.6 Å². The van der Waals surface area contributed by atoms with Crippen molar-refractivity contribution in [1.29, 1.82) is 0 Å². The maximum absolute atomic E-state index is 5.99. The second kappa shape index (κ2) is 4.28. The minimum Gasteiger partial charge on any atom is -0.382 e. The summed E-state index contributed by atoms with van der Waals surface area (Å²) < 4.78 is 0. The molecule has 0 saturated carbocycles. The van der Waals surface area contributed by atoms with E-state index in [0.29, 0.717) is 5.82 Å². The molecule has 0 spiro atoms. The number of hydrogen-bond acceptors (Lipinski definition) is 3. The molecular formula is C14H15N5. The molecular weight excluding hydrogens is 238 g/mol. The average Bonchev–Trinajstić information content (AvgIpc) is 2.97. The Bertz CT molecular complexity index is 706. The van der Waals surface area contributed by atoms with Gasteiger partial charge in [-0.15, -0.1) is 0 Å². The SMILES string of the molecule is Cc1ccc(-c2c(N)n[nH]c2-c2cn[nH]c2C)cc1. The zero-order chi connectivity index (χ0) is 13.4. The van der Waals surface area contributed by atoms with E-state index in [1.165, 1.54) is 5.56 Å². The Hall–Kier alpha value is -2.56. The Morgan fingerprint density at radius 3 is 2.42 bits per heavy atom. The van der Waals surface area contributed by atoms with E-state index in [1.54, 1.807) is 6.20 Å². The maximum Gasteiger partial charge on any atom is 0.153 e. The first-order chi connectivity index (χ1) is 9.16. The van der Waals surface area contributed by atoms with Crippen LogP contribution >= 0.6 is 0 Å². The third-order valence-electron chi connectivity index (χ3n) is 3.23. The number of aromatic amines is 2. The summed E-state index contributed by atoms with van der Waals surface area (Å²) in [6.45, 7) is 4.03. The minimum absolute atomic E-state index is 0.499. The highest BCUT2D eigenvalue weighted by Crippen LogP contribution is 2.35. The van der Waals surface area contributed by atoms with Gasteiger partial charge in [0.05, 0.1) is 17.5 Å². The minimum atomic E-state index is 0.499. The van der Waals surface area contributed by atoms with Crippen molar-refractivity contribution in [3.05, 3.63) is 41.7 Å². The monoisotopic (exact) mass is 253 g/mol. The molecule has 0 atom stereocenters. The number of hydrogen-bond donors (Lipinski definition) is 3. The topological polar surface area (TPSA) is 83.4 Å². The number of nitrogens with one attached hydrogen (secondary N) is 2. The summed E-state index contributed by atoms with van der Waals surface area (Å²) in [5, 5.41) is 14.1. The number of nitrogens with zero attached hydrogens (tertiary/aromatic N) is 2. The molecule has 0 aliphatic carbocycles. The van der Waals surface area contributed by atoms with Crippen molar-refractivity contribution in [3.8, 4) is 22.4 Å². The highest BCUT2D eigenvalue weighted by Gasteiger charge is 2.16. The molecule has 5 heteroatoms. The third kappa shape index (κ3) is 1.89. The van der Waals surface area contributed by atoms with E-state index in [1.807, 2.05) is 6.92 Å². The summed E-state index contributed by atoms with van der Waals surface area (Å²) in [6, 6.07) is 8.23. The van der Waals surface area contributed by atoms with Crippen LogP contribution in [0.3, 0.4) is 0 Å². The third-order valence-corrected chi connectivity index (χ3v) is 3.23. The van der Waals surface area contributed by atoms with Crippen LogP contribution in [0.2, 0.25) is 0 Å². The fourth-order valence-corrected chi connectivity index (χ4v) is 2.17. The van der Waals surface area contributed by atoms with Gasteiger partial charge in [-0.2, -0.15) is 10.2 Å². The zero-order valence-corrected chi connectivity index (χ0v) is 10.9. The lowest BCUT2D eigenvalue weighted by Gasteiger charge is -2.04. The van der Waals surface area contributed by atoms with E-state index in [0.717, 1.165) is 28.1 Å². The van der Waals surface area contributed by atoms with E-state index in [9.17, 15) is 0 Å². The van der Waals surface area contributed by atoms with E-state index in [-0.39, 0.29) is 0 Å². The number of rotatable bonds is 2. The Morgan fingerprint density at radius 1 is 1.05 bits per heavy atom. The van der Waals surface area contributed by atoms with Gasteiger partial charge in [0.2, 0.25) is 0 Å². The lowest BCUT2D eigenvalue weighted by Crippen LogP contribution is -1.89. The number of aromatic nitrogens is 4. The van der Waals surface area contributed by atoms with Crippen molar-refractivity contribution in [2.45, 2.75) is 13.8 Å². The molecule has 0 amide bonds. The molecule has 3 rings (SSSR count).